The van der Waals surface area contributed by atoms with E-state index >= 15 is 0 Å². The summed E-state index contributed by atoms with van der Waals surface area (Å²) in [6.45, 7) is 5.37. The number of rotatable bonds is 5. The zero-order valence-electron chi connectivity index (χ0n) is 15.5. The van der Waals surface area contributed by atoms with Gasteiger partial charge in [0.25, 0.3) is 5.91 Å². The molecule has 1 aliphatic rings. The number of fused-ring (bicyclic) bond motifs is 1. The van der Waals surface area contributed by atoms with Gasteiger partial charge in [-0.15, -0.1) is 0 Å². The van der Waals surface area contributed by atoms with Crippen molar-refractivity contribution in [1.29, 1.82) is 0 Å². The van der Waals surface area contributed by atoms with E-state index in [0.29, 0.717) is 12.1 Å². The molecule has 0 saturated carbocycles. The molecule has 0 atom stereocenters. The van der Waals surface area contributed by atoms with E-state index in [4.69, 9.17) is 0 Å². The van der Waals surface area contributed by atoms with Gasteiger partial charge in [-0.2, -0.15) is 0 Å². The Morgan fingerprint density at radius 1 is 1.04 bits per heavy atom. The predicted molar refractivity (Wildman–Crippen MR) is 104 cm³/mol. The second-order valence-corrected chi connectivity index (χ2v) is 6.83. The second kappa shape index (κ2) is 8.17. The van der Waals surface area contributed by atoms with Crippen LogP contribution in [-0.2, 0) is 17.8 Å². The summed E-state index contributed by atoms with van der Waals surface area (Å²) in [5, 5.41) is 3.03. The van der Waals surface area contributed by atoms with Gasteiger partial charge in [-0.05, 0) is 54.7 Å². The molecule has 4 heteroatoms. The zero-order valence-corrected chi connectivity index (χ0v) is 15.5. The van der Waals surface area contributed by atoms with Crippen LogP contribution in [-0.4, -0.2) is 23.3 Å². The molecule has 0 spiro atoms. The van der Waals surface area contributed by atoms with Crippen LogP contribution in [0.15, 0.2) is 48.5 Å². The van der Waals surface area contributed by atoms with Crippen molar-refractivity contribution in [2.75, 3.05) is 11.9 Å². The molecule has 0 saturated heterocycles. The van der Waals surface area contributed by atoms with Crippen LogP contribution in [0.4, 0.5) is 5.69 Å². The fourth-order valence-electron chi connectivity index (χ4n) is 3.48. The van der Waals surface area contributed by atoms with E-state index < -0.39 is 0 Å². The van der Waals surface area contributed by atoms with Crippen LogP contribution in [0.1, 0.15) is 48.2 Å². The highest BCUT2D eigenvalue weighted by atomic mass is 16.2. The van der Waals surface area contributed by atoms with E-state index in [-0.39, 0.29) is 17.7 Å². The van der Waals surface area contributed by atoms with E-state index in [1.807, 2.05) is 61.2 Å². The standard InChI is InChI=1S/C22H26N2O2/c1-3-16(4-2)21(25)23-20-11-10-17-12-13-24(15-19(17)14-20)22(26)18-8-6-5-7-9-18/h5-11,14,16H,3-4,12-13,15H2,1-2H3,(H,23,25). The first-order chi connectivity index (χ1) is 12.6. The van der Waals surface area contributed by atoms with Crippen molar-refractivity contribution >= 4 is 17.5 Å². The summed E-state index contributed by atoms with van der Waals surface area (Å²) < 4.78 is 0. The smallest absolute Gasteiger partial charge is 0.254 e. The van der Waals surface area contributed by atoms with Gasteiger partial charge in [0.1, 0.15) is 0 Å². The molecule has 4 nitrogen and oxygen atoms in total. The lowest BCUT2D eigenvalue weighted by atomic mass is 9.97. The number of nitrogens with one attached hydrogen (secondary N) is 1. The van der Waals surface area contributed by atoms with Crippen LogP contribution in [0, 0.1) is 5.92 Å². The lowest BCUT2D eigenvalue weighted by Crippen LogP contribution is -2.36. The van der Waals surface area contributed by atoms with Gasteiger partial charge in [-0.1, -0.05) is 38.1 Å². The van der Waals surface area contributed by atoms with Crippen LogP contribution in [0.3, 0.4) is 0 Å². The molecule has 2 aromatic carbocycles. The van der Waals surface area contributed by atoms with Gasteiger partial charge in [0.15, 0.2) is 0 Å². The first-order valence-electron chi connectivity index (χ1n) is 9.39. The van der Waals surface area contributed by atoms with Gasteiger partial charge in [-0.25, -0.2) is 0 Å². The highest BCUT2D eigenvalue weighted by Crippen LogP contribution is 2.24. The summed E-state index contributed by atoms with van der Waals surface area (Å²) >= 11 is 0. The Morgan fingerprint density at radius 2 is 1.77 bits per heavy atom. The Balaban J connectivity index is 1.73. The second-order valence-electron chi connectivity index (χ2n) is 6.83. The molecule has 2 aromatic rings. The average Bonchev–Trinajstić information content (AvgIpc) is 2.68. The summed E-state index contributed by atoms with van der Waals surface area (Å²) in [6.07, 6.45) is 2.52. The number of benzene rings is 2. The topological polar surface area (TPSA) is 49.4 Å². The first kappa shape index (κ1) is 18.2. The SMILES string of the molecule is CCC(CC)C(=O)Nc1ccc2c(c1)CN(C(=O)c1ccccc1)CC2. The number of hydrogen-bond acceptors (Lipinski definition) is 2. The number of anilines is 1. The minimum absolute atomic E-state index is 0.0437. The minimum atomic E-state index is 0.0437. The summed E-state index contributed by atoms with van der Waals surface area (Å²) in [5.41, 5.74) is 3.90. The van der Waals surface area contributed by atoms with Gasteiger partial charge in [0, 0.05) is 30.3 Å². The summed E-state index contributed by atoms with van der Waals surface area (Å²) in [6, 6.07) is 15.4. The molecule has 136 valence electrons. The van der Waals surface area contributed by atoms with Gasteiger partial charge >= 0.3 is 0 Å². The minimum Gasteiger partial charge on any atom is -0.334 e. The fourth-order valence-corrected chi connectivity index (χ4v) is 3.48. The Kier molecular flexibility index (Phi) is 5.71. The monoisotopic (exact) mass is 350 g/mol. The maximum atomic E-state index is 12.7. The van der Waals surface area contributed by atoms with E-state index in [1.165, 1.54) is 5.56 Å². The maximum absolute atomic E-state index is 12.7. The van der Waals surface area contributed by atoms with Crippen molar-refractivity contribution in [1.82, 2.24) is 4.90 Å². The highest BCUT2D eigenvalue weighted by Gasteiger charge is 2.22. The number of carbonyl (C=O) groups is 2. The van der Waals surface area contributed by atoms with E-state index in [9.17, 15) is 9.59 Å². The van der Waals surface area contributed by atoms with Crippen molar-refractivity contribution in [2.24, 2.45) is 5.92 Å². The first-order valence-corrected chi connectivity index (χ1v) is 9.39. The highest BCUT2D eigenvalue weighted by molar-refractivity contribution is 5.94. The van der Waals surface area contributed by atoms with Crippen molar-refractivity contribution in [3.05, 3.63) is 65.2 Å². The van der Waals surface area contributed by atoms with Crippen molar-refractivity contribution in [2.45, 2.75) is 39.7 Å². The molecule has 0 fully saturated rings. The molecule has 1 heterocycles. The lowest BCUT2D eigenvalue weighted by Gasteiger charge is -2.29. The third-order valence-corrected chi connectivity index (χ3v) is 5.15. The largest absolute Gasteiger partial charge is 0.334 e. The summed E-state index contributed by atoms with van der Waals surface area (Å²) in [7, 11) is 0. The molecule has 0 radical (unpaired) electrons. The molecule has 1 N–H and O–H groups in total. The Hall–Kier alpha value is -2.62. The molecule has 0 aromatic heterocycles. The quantitative estimate of drug-likeness (QED) is 0.876. The molecule has 0 unspecified atom stereocenters. The molecule has 3 rings (SSSR count). The molecule has 2 amide bonds. The van der Waals surface area contributed by atoms with Gasteiger partial charge in [0.2, 0.25) is 5.91 Å². The maximum Gasteiger partial charge on any atom is 0.254 e. The van der Waals surface area contributed by atoms with E-state index in [0.717, 1.165) is 37.1 Å². The normalized spacial score (nSPS) is 13.4. The molecule has 0 bridgehead atoms. The van der Waals surface area contributed by atoms with Crippen molar-refractivity contribution in [3.63, 3.8) is 0 Å². The van der Waals surface area contributed by atoms with Crippen LogP contribution in [0.5, 0.6) is 0 Å². The van der Waals surface area contributed by atoms with Crippen LogP contribution in [0.25, 0.3) is 0 Å². The predicted octanol–water partition coefficient (Wildman–Crippen LogP) is 4.26. The lowest BCUT2D eigenvalue weighted by molar-refractivity contribution is -0.120. The third kappa shape index (κ3) is 3.96. The van der Waals surface area contributed by atoms with Crippen LogP contribution in [0.2, 0.25) is 0 Å². The fraction of sp³-hybridized carbons (Fsp3) is 0.364. The summed E-state index contributed by atoms with van der Waals surface area (Å²) in [4.78, 5) is 26.9. The van der Waals surface area contributed by atoms with Gasteiger partial charge in [-0.3, -0.25) is 9.59 Å². The number of amides is 2. The number of nitrogens with zero attached hydrogens (tertiary/aromatic N) is 1. The Morgan fingerprint density at radius 3 is 2.46 bits per heavy atom. The number of carbonyl (C=O) groups excluding carboxylic acids is 2. The molecule has 0 aliphatic carbocycles. The van der Waals surface area contributed by atoms with E-state index in [2.05, 4.69) is 11.4 Å². The van der Waals surface area contributed by atoms with Gasteiger partial charge < -0.3 is 10.2 Å². The average molecular weight is 350 g/mol. The number of hydrogen-bond donors (Lipinski definition) is 1. The van der Waals surface area contributed by atoms with E-state index in [1.54, 1.807) is 0 Å². The summed E-state index contributed by atoms with van der Waals surface area (Å²) in [5.74, 6) is 0.174. The van der Waals surface area contributed by atoms with Crippen molar-refractivity contribution in [3.8, 4) is 0 Å². The van der Waals surface area contributed by atoms with Crippen molar-refractivity contribution < 1.29 is 9.59 Å². The molecule has 1 aliphatic heterocycles. The molecular weight excluding hydrogens is 324 g/mol. The zero-order chi connectivity index (χ0) is 18.5. The molecular formula is C22H26N2O2. The van der Waals surface area contributed by atoms with Crippen LogP contribution < -0.4 is 5.32 Å². The Bertz CT molecular complexity index is 782. The van der Waals surface area contributed by atoms with Gasteiger partial charge in [0.05, 0.1) is 0 Å². The molecule has 26 heavy (non-hydrogen) atoms. The third-order valence-electron chi connectivity index (χ3n) is 5.15. The Labute approximate surface area is 155 Å². The van der Waals surface area contributed by atoms with Crippen LogP contribution >= 0.6 is 0 Å².